The second-order valence-electron chi connectivity index (χ2n) is 16.9. The van der Waals surface area contributed by atoms with Crippen molar-refractivity contribution >= 4 is 46.4 Å². The van der Waals surface area contributed by atoms with Gasteiger partial charge in [0.05, 0.1) is 68.8 Å². The molecule has 0 bridgehead atoms. The second-order valence-corrected chi connectivity index (χ2v) is 16.9. The van der Waals surface area contributed by atoms with Crippen molar-refractivity contribution in [2.45, 2.75) is 57.0 Å². The minimum atomic E-state index is -1.06. The van der Waals surface area contributed by atoms with Gasteiger partial charge < -0.3 is 39.1 Å². The summed E-state index contributed by atoms with van der Waals surface area (Å²) in [6.07, 6.45) is 6.78. The summed E-state index contributed by atoms with van der Waals surface area (Å²) in [6, 6.07) is 22.7. The number of nitrogens with one attached hydrogen (secondary N) is 1. The Balaban J connectivity index is 0.674. The summed E-state index contributed by atoms with van der Waals surface area (Å²) in [6.45, 7) is 3.92. The average Bonchev–Trinajstić information content (AvgIpc) is 3.90. The van der Waals surface area contributed by atoms with Gasteiger partial charge in [0.2, 0.25) is 11.8 Å². The Morgan fingerprint density at radius 1 is 0.803 bits per heavy atom. The lowest BCUT2D eigenvalue weighted by Gasteiger charge is -2.32. The molecule has 0 aliphatic carbocycles. The van der Waals surface area contributed by atoms with E-state index in [0.717, 1.165) is 41.9 Å². The monoisotopic (exact) mass is 969 g/mol. The van der Waals surface area contributed by atoms with Gasteiger partial charge in [0.1, 0.15) is 59.4 Å². The molecule has 3 aromatic carbocycles. The first kappa shape index (κ1) is 49.8. The number of hydrogen-bond donors (Lipinski definition) is 2. The van der Waals surface area contributed by atoms with E-state index in [1.165, 1.54) is 12.4 Å². The van der Waals surface area contributed by atoms with E-state index >= 15 is 0 Å². The van der Waals surface area contributed by atoms with Crippen molar-refractivity contribution in [1.29, 1.82) is 5.26 Å². The van der Waals surface area contributed by atoms with Crippen LogP contribution in [-0.2, 0) is 33.3 Å². The molecular weight excluding hydrogens is 915 g/mol. The zero-order valence-corrected chi connectivity index (χ0v) is 39.2. The molecule has 2 saturated heterocycles. The Morgan fingerprint density at radius 2 is 1.51 bits per heavy atom. The van der Waals surface area contributed by atoms with Crippen LogP contribution in [0.1, 0.15) is 71.7 Å². The number of nitrogens with two attached hydrogens (primary N) is 1. The molecule has 5 amide bonds. The van der Waals surface area contributed by atoms with E-state index in [4.69, 9.17) is 39.3 Å². The second kappa shape index (κ2) is 24.3. The van der Waals surface area contributed by atoms with E-state index in [9.17, 15) is 29.2 Å². The molecule has 8 rings (SSSR count). The van der Waals surface area contributed by atoms with Crippen LogP contribution in [0.25, 0.3) is 22.3 Å². The number of allylic oxidation sites excluding steroid dienone is 1. The van der Waals surface area contributed by atoms with Crippen LogP contribution in [-0.4, -0.2) is 138 Å². The van der Waals surface area contributed by atoms with Crippen LogP contribution in [0.2, 0.25) is 0 Å². The third-order valence-electron chi connectivity index (χ3n) is 12.1. The Labute approximate surface area is 409 Å². The fraction of sp³-hybridized carbons (Fsp3) is 0.392. The number of imide groups is 2. The van der Waals surface area contributed by atoms with Gasteiger partial charge >= 0.3 is 0 Å². The van der Waals surface area contributed by atoms with Crippen LogP contribution in [0.4, 0.5) is 5.82 Å². The third-order valence-corrected chi connectivity index (χ3v) is 12.1. The highest BCUT2D eigenvalue weighted by Crippen LogP contribution is 2.36. The molecule has 2 fully saturated rings. The number of unbranched alkanes of at least 4 members (excludes halogenated alkanes) is 2. The number of ether oxygens (including phenoxy) is 6. The van der Waals surface area contributed by atoms with E-state index in [2.05, 4.69) is 21.4 Å². The Bertz CT molecular complexity index is 2780. The number of rotatable bonds is 24. The van der Waals surface area contributed by atoms with Gasteiger partial charge in [-0.05, 0) is 87.1 Å². The number of amides is 5. The van der Waals surface area contributed by atoms with Gasteiger partial charge in [-0.25, -0.2) is 14.6 Å². The molecule has 0 spiro atoms. The van der Waals surface area contributed by atoms with Crippen molar-refractivity contribution in [2.75, 3.05) is 78.3 Å². The molecule has 2 aromatic heterocycles. The van der Waals surface area contributed by atoms with Gasteiger partial charge in [0.25, 0.3) is 17.7 Å². The maximum Gasteiger partial charge on any atom is 0.266 e. The number of hydrogen-bond acceptors (Lipinski definition) is 16. The number of nitrogen functional groups attached to an aromatic ring is 1. The van der Waals surface area contributed by atoms with Gasteiger partial charge in [0, 0.05) is 31.7 Å². The lowest BCUT2D eigenvalue weighted by Crippen LogP contribution is -2.54. The van der Waals surface area contributed by atoms with E-state index in [-0.39, 0.29) is 60.5 Å². The lowest BCUT2D eigenvalue weighted by atomic mass is 10.0. The first-order valence-corrected chi connectivity index (χ1v) is 23.7. The standard InChI is InChI=1S/C51H55N9O11/c52-31-35(49(63)58-21-8-10-36(32-58)60-47-44(46(53)54-33-55-47)45(57-60)34-15-17-38(18-16-34)71-37-11-4-1-5-12-37)9-3-2-6-22-66-23-24-67-25-26-68-27-28-69-29-30-70-41-14-7-13-39-43(41)51(65)59(50(39)64)40-19-20-42(61)56-48(40)62/h1,4-5,7,9,11-18,33,36,40H,2-3,6,8,10,19-30,32H2,(H2,53,54,55)(H,56,61,62). The number of anilines is 1. The SMILES string of the molecule is N#CC(=CCCCCOCCOCCOCCOCCOc1cccc2c1C(=O)N(C1CCC(=O)NC1=O)C2=O)C(=O)N1CCCC(n2nc(-c3ccc(Oc4ccccc4)cc3)c3c(N)ncnc32)C1. The molecule has 5 heterocycles. The first-order valence-electron chi connectivity index (χ1n) is 23.7. The highest BCUT2D eigenvalue weighted by atomic mass is 16.6. The van der Waals surface area contributed by atoms with Crippen molar-refractivity contribution in [1.82, 2.24) is 34.9 Å². The van der Waals surface area contributed by atoms with Crippen molar-refractivity contribution in [3.8, 4) is 34.6 Å². The number of fused-ring (bicyclic) bond motifs is 2. The predicted molar refractivity (Wildman–Crippen MR) is 256 cm³/mol. The van der Waals surface area contributed by atoms with Crippen LogP contribution in [0.5, 0.6) is 17.2 Å². The fourth-order valence-electron chi connectivity index (χ4n) is 8.62. The molecule has 370 valence electrons. The molecule has 5 aromatic rings. The maximum absolute atomic E-state index is 13.6. The zero-order valence-electron chi connectivity index (χ0n) is 39.2. The van der Waals surface area contributed by atoms with Crippen molar-refractivity contribution in [3.63, 3.8) is 0 Å². The molecule has 0 radical (unpaired) electrons. The summed E-state index contributed by atoms with van der Waals surface area (Å²) in [4.78, 5) is 75.2. The highest BCUT2D eigenvalue weighted by Gasteiger charge is 2.46. The maximum atomic E-state index is 13.6. The normalized spacial score (nSPS) is 17.1. The molecular formula is C51H55N9O11. The summed E-state index contributed by atoms with van der Waals surface area (Å²) >= 11 is 0. The Hall–Kier alpha value is -7.57. The number of aromatic nitrogens is 4. The summed E-state index contributed by atoms with van der Waals surface area (Å²) in [7, 11) is 0. The van der Waals surface area contributed by atoms with Crippen LogP contribution in [0.3, 0.4) is 0 Å². The van der Waals surface area contributed by atoms with Gasteiger partial charge in [0.15, 0.2) is 5.65 Å². The smallest absolute Gasteiger partial charge is 0.266 e. The largest absolute Gasteiger partial charge is 0.490 e. The van der Waals surface area contributed by atoms with Crippen molar-refractivity contribution in [3.05, 3.63) is 102 Å². The van der Waals surface area contributed by atoms with Gasteiger partial charge in [-0.2, -0.15) is 10.4 Å². The van der Waals surface area contributed by atoms with Gasteiger partial charge in [-0.15, -0.1) is 0 Å². The number of nitriles is 1. The molecule has 3 aliphatic heterocycles. The number of para-hydroxylation sites is 1. The molecule has 71 heavy (non-hydrogen) atoms. The Morgan fingerprint density at radius 3 is 2.23 bits per heavy atom. The number of benzene rings is 3. The lowest BCUT2D eigenvalue weighted by molar-refractivity contribution is -0.136. The minimum Gasteiger partial charge on any atom is -0.490 e. The summed E-state index contributed by atoms with van der Waals surface area (Å²) in [5.41, 5.74) is 8.77. The first-order chi connectivity index (χ1) is 34.7. The molecule has 3 aliphatic rings. The quantitative estimate of drug-likeness (QED) is 0.0349. The highest BCUT2D eigenvalue weighted by molar-refractivity contribution is 6.24. The molecule has 2 unspecified atom stereocenters. The van der Waals surface area contributed by atoms with Crippen molar-refractivity contribution < 1.29 is 52.4 Å². The molecule has 0 saturated carbocycles. The van der Waals surface area contributed by atoms with Crippen LogP contribution >= 0.6 is 0 Å². The number of carbonyl (C=O) groups excluding carboxylic acids is 5. The molecule has 20 heteroatoms. The number of piperidine rings is 2. The van der Waals surface area contributed by atoms with Gasteiger partial charge in [-0.1, -0.05) is 30.3 Å². The van der Waals surface area contributed by atoms with E-state index in [1.54, 1.807) is 23.1 Å². The minimum absolute atomic E-state index is 0.0373. The molecule has 2 atom stereocenters. The van der Waals surface area contributed by atoms with Crippen LogP contribution in [0.15, 0.2) is 90.8 Å². The summed E-state index contributed by atoms with van der Waals surface area (Å²) < 4.78 is 36.0. The summed E-state index contributed by atoms with van der Waals surface area (Å²) in [5, 5.41) is 17.8. The average molecular weight is 970 g/mol. The van der Waals surface area contributed by atoms with Crippen LogP contribution in [0, 0.1) is 11.3 Å². The van der Waals surface area contributed by atoms with Crippen LogP contribution < -0.4 is 20.5 Å². The number of carbonyl (C=O) groups is 5. The number of nitrogens with zero attached hydrogens (tertiary/aromatic N) is 7. The fourth-order valence-corrected chi connectivity index (χ4v) is 8.62. The third kappa shape index (κ3) is 12.2. The Kier molecular flexibility index (Phi) is 17.1. The summed E-state index contributed by atoms with van der Waals surface area (Å²) in [5.74, 6) is -0.723. The van der Waals surface area contributed by atoms with E-state index in [1.807, 2.05) is 59.3 Å². The number of likely N-dealkylation sites (tertiary alicyclic amines) is 1. The van der Waals surface area contributed by atoms with E-state index in [0.29, 0.717) is 94.1 Å². The van der Waals surface area contributed by atoms with E-state index < -0.39 is 29.7 Å². The molecule has 20 nitrogen and oxygen atoms in total. The van der Waals surface area contributed by atoms with Gasteiger partial charge in [-0.3, -0.25) is 34.2 Å². The predicted octanol–water partition coefficient (Wildman–Crippen LogP) is 5.20. The zero-order chi connectivity index (χ0) is 49.5. The van der Waals surface area contributed by atoms with Crippen molar-refractivity contribution in [2.24, 2.45) is 0 Å². The topological polar surface area (TPSA) is 253 Å². The molecule has 3 N–H and O–H groups in total.